The second-order valence-corrected chi connectivity index (χ2v) is 4.93. The predicted octanol–water partition coefficient (Wildman–Crippen LogP) is 1.38. The number of carboxylic acids is 1. The number of nitrogens with zero attached hydrogens (tertiary/aromatic N) is 2. The van der Waals surface area contributed by atoms with Gasteiger partial charge in [0, 0.05) is 6.61 Å². The van der Waals surface area contributed by atoms with Gasteiger partial charge in [-0.15, -0.1) is 5.10 Å². The zero-order valence-electron chi connectivity index (χ0n) is 10.8. The lowest BCUT2D eigenvalue weighted by molar-refractivity contribution is 0.0696. The molecular formula is C12H17N3O3. The van der Waals surface area contributed by atoms with Crippen molar-refractivity contribution >= 4 is 11.8 Å². The second kappa shape index (κ2) is 4.53. The van der Waals surface area contributed by atoms with Crippen molar-refractivity contribution in [1.29, 1.82) is 0 Å². The number of anilines is 1. The largest absolute Gasteiger partial charge is 0.478 e. The molecule has 98 valence electrons. The first-order valence-corrected chi connectivity index (χ1v) is 5.86. The third-order valence-electron chi connectivity index (χ3n) is 3.31. The standard InChI is InChI=1S/C12H17N3O3/c1-7-8(2)14-15-10(9(7)11(16)17)13-12(3)4-5-18-6-12/h4-6H2,1-3H3,(H,13,15)(H,16,17). The lowest BCUT2D eigenvalue weighted by atomic mass is 10.0. The van der Waals surface area contributed by atoms with Crippen LogP contribution in [0.2, 0.25) is 0 Å². The molecule has 1 aromatic rings. The van der Waals surface area contributed by atoms with Crippen molar-refractivity contribution in [1.82, 2.24) is 10.2 Å². The molecule has 1 atom stereocenters. The highest BCUT2D eigenvalue weighted by Gasteiger charge is 2.32. The molecule has 0 spiro atoms. The molecule has 0 saturated carbocycles. The molecule has 1 fully saturated rings. The third kappa shape index (κ3) is 2.28. The Kier molecular flexibility index (Phi) is 3.21. The van der Waals surface area contributed by atoms with Crippen molar-refractivity contribution < 1.29 is 14.6 Å². The van der Waals surface area contributed by atoms with Gasteiger partial charge in [-0.2, -0.15) is 5.10 Å². The number of hydrogen-bond acceptors (Lipinski definition) is 5. The number of hydrogen-bond donors (Lipinski definition) is 2. The first-order valence-electron chi connectivity index (χ1n) is 5.86. The van der Waals surface area contributed by atoms with Crippen LogP contribution < -0.4 is 5.32 Å². The molecule has 0 aromatic carbocycles. The summed E-state index contributed by atoms with van der Waals surface area (Å²) in [6.45, 7) is 6.69. The number of ether oxygens (including phenoxy) is 1. The predicted molar refractivity (Wildman–Crippen MR) is 65.9 cm³/mol. The number of nitrogens with one attached hydrogen (secondary N) is 1. The maximum atomic E-state index is 11.3. The number of aromatic nitrogens is 2. The summed E-state index contributed by atoms with van der Waals surface area (Å²) in [4.78, 5) is 11.3. The number of carboxylic acid groups (broad SMARTS) is 1. The van der Waals surface area contributed by atoms with E-state index in [2.05, 4.69) is 15.5 Å². The molecule has 2 heterocycles. The lowest BCUT2D eigenvalue weighted by Gasteiger charge is -2.25. The maximum Gasteiger partial charge on any atom is 0.339 e. The van der Waals surface area contributed by atoms with Gasteiger partial charge in [-0.25, -0.2) is 4.79 Å². The number of carbonyl (C=O) groups is 1. The summed E-state index contributed by atoms with van der Waals surface area (Å²) in [7, 11) is 0. The van der Waals surface area contributed by atoms with Gasteiger partial charge in [-0.1, -0.05) is 0 Å². The van der Waals surface area contributed by atoms with Crippen LogP contribution in [0.5, 0.6) is 0 Å². The molecule has 0 aliphatic carbocycles. The van der Waals surface area contributed by atoms with Crippen LogP contribution in [0, 0.1) is 13.8 Å². The summed E-state index contributed by atoms with van der Waals surface area (Å²) in [6, 6.07) is 0. The van der Waals surface area contributed by atoms with Crippen LogP contribution in [0.1, 0.15) is 35.0 Å². The van der Waals surface area contributed by atoms with Crippen LogP contribution in [-0.4, -0.2) is 40.0 Å². The molecular weight excluding hydrogens is 234 g/mol. The first kappa shape index (κ1) is 12.8. The Morgan fingerprint density at radius 2 is 2.17 bits per heavy atom. The van der Waals surface area contributed by atoms with Crippen molar-refractivity contribution in [2.45, 2.75) is 32.7 Å². The normalized spacial score (nSPS) is 23.1. The van der Waals surface area contributed by atoms with Crippen molar-refractivity contribution in [3.05, 3.63) is 16.8 Å². The molecule has 6 nitrogen and oxygen atoms in total. The van der Waals surface area contributed by atoms with E-state index in [0.717, 1.165) is 6.42 Å². The van der Waals surface area contributed by atoms with Gasteiger partial charge in [0.1, 0.15) is 5.56 Å². The van der Waals surface area contributed by atoms with Crippen molar-refractivity contribution in [3.63, 3.8) is 0 Å². The van der Waals surface area contributed by atoms with E-state index < -0.39 is 5.97 Å². The minimum Gasteiger partial charge on any atom is -0.478 e. The SMILES string of the molecule is Cc1nnc(NC2(C)CCOC2)c(C(=O)O)c1C. The summed E-state index contributed by atoms with van der Waals surface area (Å²) < 4.78 is 5.33. The van der Waals surface area contributed by atoms with Gasteiger partial charge in [0.25, 0.3) is 0 Å². The fourth-order valence-electron chi connectivity index (χ4n) is 2.01. The van der Waals surface area contributed by atoms with Gasteiger partial charge in [-0.05, 0) is 32.8 Å². The molecule has 0 amide bonds. The maximum absolute atomic E-state index is 11.3. The van der Waals surface area contributed by atoms with E-state index in [1.54, 1.807) is 13.8 Å². The van der Waals surface area contributed by atoms with Gasteiger partial charge < -0.3 is 15.2 Å². The molecule has 2 rings (SSSR count). The fourth-order valence-corrected chi connectivity index (χ4v) is 2.01. The van der Waals surface area contributed by atoms with Crippen molar-refractivity contribution in [3.8, 4) is 0 Å². The molecule has 1 aromatic heterocycles. The summed E-state index contributed by atoms with van der Waals surface area (Å²) in [5, 5.41) is 20.4. The van der Waals surface area contributed by atoms with E-state index in [9.17, 15) is 9.90 Å². The Hall–Kier alpha value is -1.69. The highest BCUT2D eigenvalue weighted by Crippen LogP contribution is 2.26. The van der Waals surface area contributed by atoms with Crippen molar-refractivity contribution in [2.24, 2.45) is 0 Å². The van der Waals surface area contributed by atoms with Crippen LogP contribution in [0.15, 0.2) is 0 Å². The Balaban J connectivity index is 2.38. The van der Waals surface area contributed by atoms with E-state index in [0.29, 0.717) is 30.3 Å². The highest BCUT2D eigenvalue weighted by molar-refractivity contribution is 5.95. The van der Waals surface area contributed by atoms with E-state index in [4.69, 9.17) is 4.74 Å². The molecule has 18 heavy (non-hydrogen) atoms. The van der Waals surface area contributed by atoms with E-state index in [1.807, 2.05) is 6.92 Å². The first-order chi connectivity index (χ1) is 8.43. The summed E-state index contributed by atoms with van der Waals surface area (Å²) in [5.41, 5.74) is 1.18. The Labute approximate surface area is 105 Å². The Bertz CT molecular complexity index is 482. The number of rotatable bonds is 3. The van der Waals surface area contributed by atoms with E-state index >= 15 is 0 Å². The number of aromatic carboxylic acids is 1. The fraction of sp³-hybridized carbons (Fsp3) is 0.583. The lowest BCUT2D eigenvalue weighted by Crippen LogP contribution is -2.36. The molecule has 1 saturated heterocycles. The van der Waals surface area contributed by atoms with Gasteiger partial charge in [-0.3, -0.25) is 0 Å². The van der Waals surface area contributed by atoms with Crippen LogP contribution >= 0.6 is 0 Å². The van der Waals surface area contributed by atoms with Gasteiger partial charge >= 0.3 is 5.97 Å². The van der Waals surface area contributed by atoms with E-state index in [-0.39, 0.29) is 11.1 Å². The molecule has 2 N–H and O–H groups in total. The topological polar surface area (TPSA) is 84.3 Å². The van der Waals surface area contributed by atoms with Gasteiger partial charge in [0.15, 0.2) is 5.82 Å². The molecule has 6 heteroatoms. The van der Waals surface area contributed by atoms with Crippen LogP contribution in [0.4, 0.5) is 5.82 Å². The van der Waals surface area contributed by atoms with Gasteiger partial charge in [0.2, 0.25) is 0 Å². The third-order valence-corrected chi connectivity index (χ3v) is 3.31. The number of aryl methyl sites for hydroxylation is 1. The minimum absolute atomic E-state index is 0.190. The average molecular weight is 251 g/mol. The summed E-state index contributed by atoms with van der Waals surface area (Å²) in [5.74, 6) is -0.672. The minimum atomic E-state index is -0.990. The molecule has 1 aliphatic rings. The zero-order valence-corrected chi connectivity index (χ0v) is 10.8. The van der Waals surface area contributed by atoms with Crippen LogP contribution in [0.25, 0.3) is 0 Å². The highest BCUT2D eigenvalue weighted by atomic mass is 16.5. The van der Waals surface area contributed by atoms with Gasteiger partial charge in [0.05, 0.1) is 17.8 Å². The average Bonchev–Trinajstić information content (AvgIpc) is 2.70. The molecule has 1 aliphatic heterocycles. The molecule has 0 radical (unpaired) electrons. The zero-order chi connectivity index (χ0) is 13.3. The Morgan fingerprint density at radius 3 is 2.72 bits per heavy atom. The summed E-state index contributed by atoms with van der Waals surface area (Å²) in [6.07, 6.45) is 0.820. The quantitative estimate of drug-likeness (QED) is 0.844. The molecule has 1 unspecified atom stereocenters. The Morgan fingerprint density at radius 1 is 1.44 bits per heavy atom. The summed E-state index contributed by atoms with van der Waals surface area (Å²) >= 11 is 0. The smallest absolute Gasteiger partial charge is 0.339 e. The van der Waals surface area contributed by atoms with Crippen LogP contribution in [0.3, 0.4) is 0 Å². The molecule has 0 bridgehead atoms. The van der Waals surface area contributed by atoms with E-state index in [1.165, 1.54) is 0 Å². The van der Waals surface area contributed by atoms with Crippen LogP contribution in [-0.2, 0) is 4.74 Å². The second-order valence-electron chi connectivity index (χ2n) is 4.93. The van der Waals surface area contributed by atoms with Crippen molar-refractivity contribution in [2.75, 3.05) is 18.5 Å². The monoisotopic (exact) mass is 251 g/mol.